The molecule has 3 N–H and O–H groups in total. The summed E-state index contributed by atoms with van der Waals surface area (Å²) in [5.74, 6) is -1.30. The number of amides is 3. The third-order valence-electron chi connectivity index (χ3n) is 3.88. The molecule has 7 heteroatoms. The molecule has 1 atom stereocenters. The molecule has 2 aromatic carbocycles. The number of hydrogen-bond donors (Lipinski definition) is 3. The number of carbonyl (C=O) groups excluding carboxylic acids is 2. The fourth-order valence-corrected chi connectivity index (χ4v) is 2.65. The first kappa shape index (κ1) is 20.4. The smallest absolute Gasteiger partial charge is 0.319 e. The second-order valence-corrected chi connectivity index (χ2v) is 7.32. The van der Waals surface area contributed by atoms with E-state index in [2.05, 4.69) is 16.0 Å². The largest absolute Gasteiger partial charge is 0.331 e. The standard InChI is InChI=1S/C20H23F2N3O2/c1-12(26)23-15-9-10-16(22)17(11-15)24-19(27)25-18(20(2,3)4)13-5-7-14(21)8-6-13/h5-11,18H,1-4H3,(H,23,26)(H2,24,25,27). The summed E-state index contributed by atoms with van der Waals surface area (Å²) in [6, 6.07) is 8.69. The number of halogens is 2. The van der Waals surface area contributed by atoms with Crippen LogP contribution in [-0.4, -0.2) is 11.9 Å². The van der Waals surface area contributed by atoms with Crippen LogP contribution in [0.1, 0.15) is 39.3 Å². The summed E-state index contributed by atoms with van der Waals surface area (Å²) in [5.41, 5.74) is 0.660. The predicted molar refractivity (Wildman–Crippen MR) is 101 cm³/mol. The van der Waals surface area contributed by atoms with Gasteiger partial charge in [0.15, 0.2) is 0 Å². The molecule has 3 amide bonds. The molecule has 5 nitrogen and oxygen atoms in total. The highest BCUT2D eigenvalue weighted by molar-refractivity contribution is 5.92. The summed E-state index contributed by atoms with van der Waals surface area (Å²) < 4.78 is 27.2. The molecule has 0 spiro atoms. The average Bonchev–Trinajstić information content (AvgIpc) is 2.55. The third-order valence-corrected chi connectivity index (χ3v) is 3.88. The molecule has 0 heterocycles. The Morgan fingerprint density at radius 3 is 2.15 bits per heavy atom. The Labute approximate surface area is 157 Å². The average molecular weight is 375 g/mol. The molecule has 0 bridgehead atoms. The van der Waals surface area contributed by atoms with Gasteiger partial charge in [-0.05, 0) is 41.3 Å². The van der Waals surface area contributed by atoms with E-state index >= 15 is 0 Å². The Balaban J connectivity index is 2.19. The van der Waals surface area contributed by atoms with Crippen LogP contribution in [0.4, 0.5) is 25.0 Å². The van der Waals surface area contributed by atoms with Crippen molar-refractivity contribution in [1.29, 1.82) is 0 Å². The lowest BCUT2D eigenvalue weighted by molar-refractivity contribution is -0.114. The maximum absolute atomic E-state index is 14.0. The van der Waals surface area contributed by atoms with Crippen LogP contribution in [0.15, 0.2) is 42.5 Å². The van der Waals surface area contributed by atoms with E-state index in [1.165, 1.54) is 31.2 Å². The maximum atomic E-state index is 14.0. The van der Waals surface area contributed by atoms with Crippen molar-refractivity contribution in [3.63, 3.8) is 0 Å². The molecule has 0 aromatic heterocycles. The molecule has 0 fully saturated rings. The highest BCUT2D eigenvalue weighted by Gasteiger charge is 2.28. The molecule has 0 aliphatic carbocycles. The molecule has 1 unspecified atom stereocenters. The van der Waals surface area contributed by atoms with Gasteiger partial charge in [-0.3, -0.25) is 4.79 Å². The van der Waals surface area contributed by atoms with Crippen LogP contribution in [0.3, 0.4) is 0 Å². The quantitative estimate of drug-likeness (QED) is 0.716. The van der Waals surface area contributed by atoms with Crippen LogP contribution in [0, 0.1) is 17.0 Å². The van der Waals surface area contributed by atoms with Gasteiger partial charge in [0.25, 0.3) is 0 Å². The van der Waals surface area contributed by atoms with E-state index in [1.807, 2.05) is 20.8 Å². The molecular weight excluding hydrogens is 352 g/mol. The zero-order valence-corrected chi connectivity index (χ0v) is 15.7. The lowest BCUT2D eigenvalue weighted by Crippen LogP contribution is -2.39. The molecule has 0 radical (unpaired) electrons. The molecule has 2 aromatic rings. The Bertz CT molecular complexity index is 830. The van der Waals surface area contributed by atoms with E-state index in [-0.39, 0.29) is 22.8 Å². The van der Waals surface area contributed by atoms with Gasteiger partial charge >= 0.3 is 6.03 Å². The first-order valence-electron chi connectivity index (χ1n) is 8.46. The number of hydrogen-bond acceptors (Lipinski definition) is 2. The number of benzene rings is 2. The van der Waals surface area contributed by atoms with Gasteiger partial charge in [0.05, 0.1) is 11.7 Å². The van der Waals surface area contributed by atoms with Gasteiger partial charge in [-0.15, -0.1) is 0 Å². The van der Waals surface area contributed by atoms with Crippen molar-refractivity contribution in [3.05, 3.63) is 59.7 Å². The summed E-state index contributed by atoms with van der Waals surface area (Å²) in [4.78, 5) is 23.6. The minimum Gasteiger partial charge on any atom is -0.331 e. The Morgan fingerprint density at radius 1 is 0.963 bits per heavy atom. The summed E-state index contributed by atoms with van der Waals surface area (Å²) in [6.07, 6.45) is 0. The molecule has 144 valence electrons. The van der Waals surface area contributed by atoms with E-state index in [4.69, 9.17) is 0 Å². The molecule has 0 saturated carbocycles. The van der Waals surface area contributed by atoms with Crippen molar-refractivity contribution < 1.29 is 18.4 Å². The zero-order chi connectivity index (χ0) is 20.2. The van der Waals surface area contributed by atoms with Crippen LogP contribution in [0.25, 0.3) is 0 Å². The summed E-state index contributed by atoms with van der Waals surface area (Å²) in [6.45, 7) is 7.12. The van der Waals surface area contributed by atoms with Gasteiger partial charge in [-0.2, -0.15) is 0 Å². The van der Waals surface area contributed by atoms with Crippen molar-refractivity contribution in [1.82, 2.24) is 5.32 Å². The molecular formula is C20H23F2N3O2. The number of urea groups is 1. The fourth-order valence-electron chi connectivity index (χ4n) is 2.65. The van der Waals surface area contributed by atoms with Crippen LogP contribution < -0.4 is 16.0 Å². The van der Waals surface area contributed by atoms with Crippen molar-refractivity contribution in [2.24, 2.45) is 5.41 Å². The van der Waals surface area contributed by atoms with Crippen LogP contribution in [-0.2, 0) is 4.79 Å². The van der Waals surface area contributed by atoms with Gasteiger partial charge < -0.3 is 16.0 Å². The van der Waals surface area contributed by atoms with Crippen molar-refractivity contribution in [2.45, 2.75) is 33.7 Å². The van der Waals surface area contributed by atoms with Gasteiger partial charge in [0, 0.05) is 12.6 Å². The second kappa shape index (κ2) is 8.16. The molecule has 0 aliphatic heterocycles. The third kappa shape index (κ3) is 5.77. The summed E-state index contributed by atoms with van der Waals surface area (Å²) in [7, 11) is 0. The predicted octanol–water partition coefficient (Wildman–Crippen LogP) is 4.83. The molecule has 2 rings (SSSR count). The number of nitrogens with one attached hydrogen (secondary N) is 3. The minimum absolute atomic E-state index is 0.0643. The van der Waals surface area contributed by atoms with Crippen molar-refractivity contribution in [3.8, 4) is 0 Å². The molecule has 0 aliphatic rings. The number of anilines is 2. The van der Waals surface area contributed by atoms with Crippen LogP contribution >= 0.6 is 0 Å². The Kier molecular flexibility index (Phi) is 6.15. The van der Waals surface area contributed by atoms with Crippen molar-refractivity contribution >= 4 is 23.3 Å². The van der Waals surface area contributed by atoms with E-state index in [0.29, 0.717) is 5.69 Å². The van der Waals surface area contributed by atoms with Crippen LogP contribution in [0.5, 0.6) is 0 Å². The number of rotatable bonds is 4. The van der Waals surface area contributed by atoms with Gasteiger partial charge in [0.2, 0.25) is 5.91 Å². The maximum Gasteiger partial charge on any atom is 0.319 e. The van der Waals surface area contributed by atoms with Gasteiger partial charge in [-0.1, -0.05) is 32.9 Å². The van der Waals surface area contributed by atoms with Crippen molar-refractivity contribution in [2.75, 3.05) is 10.6 Å². The lowest BCUT2D eigenvalue weighted by Gasteiger charge is -2.32. The van der Waals surface area contributed by atoms with E-state index in [0.717, 1.165) is 11.6 Å². The SMILES string of the molecule is CC(=O)Nc1ccc(F)c(NC(=O)NC(c2ccc(F)cc2)C(C)(C)C)c1. The van der Waals surface area contributed by atoms with Gasteiger partial charge in [0.1, 0.15) is 11.6 Å². The topological polar surface area (TPSA) is 70.2 Å². The fraction of sp³-hybridized carbons (Fsp3) is 0.300. The first-order valence-corrected chi connectivity index (χ1v) is 8.46. The van der Waals surface area contributed by atoms with Crippen LogP contribution in [0.2, 0.25) is 0 Å². The molecule has 27 heavy (non-hydrogen) atoms. The van der Waals surface area contributed by atoms with E-state index < -0.39 is 17.9 Å². The summed E-state index contributed by atoms with van der Waals surface area (Å²) in [5, 5.41) is 7.79. The minimum atomic E-state index is -0.631. The normalized spacial score (nSPS) is 12.2. The zero-order valence-electron chi connectivity index (χ0n) is 15.7. The Hall–Kier alpha value is -2.96. The van der Waals surface area contributed by atoms with E-state index in [1.54, 1.807) is 12.1 Å². The Morgan fingerprint density at radius 2 is 1.59 bits per heavy atom. The molecule has 0 saturated heterocycles. The van der Waals surface area contributed by atoms with Gasteiger partial charge in [-0.25, -0.2) is 13.6 Å². The lowest BCUT2D eigenvalue weighted by atomic mass is 9.82. The second-order valence-electron chi connectivity index (χ2n) is 7.32. The summed E-state index contributed by atoms with van der Waals surface area (Å²) >= 11 is 0. The highest BCUT2D eigenvalue weighted by Crippen LogP contribution is 2.33. The first-order chi connectivity index (χ1) is 12.6. The number of carbonyl (C=O) groups is 2. The monoisotopic (exact) mass is 375 g/mol. The van der Waals surface area contributed by atoms with E-state index in [9.17, 15) is 18.4 Å². The highest BCUT2D eigenvalue weighted by atomic mass is 19.1.